The summed E-state index contributed by atoms with van der Waals surface area (Å²) in [6.45, 7) is 6.13. The Morgan fingerprint density at radius 1 is 1.44 bits per heavy atom. The fraction of sp³-hybridized carbons (Fsp3) is 0.800. The Morgan fingerprint density at radius 3 is 2.50 bits per heavy atom. The lowest BCUT2D eigenvalue weighted by molar-refractivity contribution is 0.0505. The van der Waals surface area contributed by atoms with E-state index in [1.54, 1.807) is 20.8 Å². The molecule has 0 aliphatic carbocycles. The monoisotopic (exact) mass is 230 g/mol. The van der Waals surface area contributed by atoms with E-state index in [4.69, 9.17) is 9.84 Å². The van der Waals surface area contributed by atoms with Crippen molar-refractivity contribution in [2.24, 2.45) is 0 Å². The number of nitrogens with one attached hydrogen (secondary N) is 1. The highest BCUT2D eigenvalue weighted by atomic mass is 16.6. The Balaban J connectivity index is 2.34. The predicted octanol–water partition coefficient (Wildman–Crippen LogP) is 1.26. The van der Waals surface area contributed by atoms with Crippen molar-refractivity contribution < 1.29 is 19.4 Å². The highest BCUT2D eigenvalue weighted by Gasteiger charge is 2.28. The Kier molecular flexibility index (Phi) is 3.62. The molecule has 1 atom stereocenters. The van der Waals surface area contributed by atoms with Crippen molar-refractivity contribution in [3.8, 4) is 0 Å². The van der Waals surface area contributed by atoms with Crippen molar-refractivity contribution in [2.45, 2.75) is 38.8 Å². The van der Waals surface area contributed by atoms with Gasteiger partial charge in [-0.3, -0.25) is 0 Å². The van der Waals surface area contributed by atoms with Crippen LogP contribution < -0.4 is 5.32 Å². The van der Waals surface area contributed by atoms with Crippen molar-refractivity contribution in [3.05, 3.63) is 0 Å². The van der Waals surface area contributed by atoms with Gasteiger partial charge < -0.3 is 20.1 Å². The summed E-state index contributed by atoms with van der Waals surface area (Å²) < 4.78 is 5.08. The van der Waals surface area contributed by atoms with Crippen LogP contribution in [0.4, 0.5) is 9.59 Å². The third-order valence-electron chi connectivity index (χ3n) is 2.18. The zero-order valence-corrected chi connectivity index (χ0v) is 9.82. The largest absolute Gasteiger partial charge is 0.465 e. The summed E-state index contributed by atoms with van der Waals surface area (Å²) in [5.41, 5.74) is -0.533. The molecule has 0 saturated carbocycles. The molecule has 2 amide bonds. The summed E-state index contributed by atoms with van der Waals surface area (Å²) in [7, 11) is 0. The smallest absolute Gasteiger partial charge is 0.407 e. The lowest BCUT2D eigenvalue weighted by Gasteiger charge is -2.21. The average Bonchev–Trinajstić information content (AvgIpc) is 2.48. The number of likely N-dealkylation sites (tertiary alicyclic amines) is 1. The van der Waals surface area contributed by atoms with Crippen molar-refractivity contribution in [1.82, 2.24) is 10.2 Å². The summed E-state index contributed by atoms with van der Waals surface area (Å²) >= 11 is 0. The van der Waals surface area contributed by atoms with E-state index < -0.39 is 17.8 Å². The number of ether oxygens (including phenoxy) is 1. The maximum atomic E-state index is 11.4. The number of hydrogen-bond acceptors (Lipinski definition) is 3. The number of carbonyl (C=O) groups excluding carboxylic acids is 1. The molecule has 0 aromatic heterocycles. The number of nitrogens with zero attached hydrogens (tertiary/aromatic N) is 1. The minimum atomic E-state index is -0.950. The number of amides is 2. The first kappa shape index (κ1) is 12.6. The molecule has 1 saturated heterocycles. The summed E-state index contributed by atoms with van der Waals surface area (Å²) in [6.07, 6.45) is -0.816. The summed E-state index contributed by atoms with van der Waals surface area (Å²) in [4.78, 5) is 23.3. The summed E-state index contributed by atoms with van der Waals surface area (Å²) in [5, 5.41) is 11.4. The van der Waals surface area contributed by atoms with Gasteiger partial charge in [-0.25, -0.2) is 9.59 Å². The zero-order chi connectivity index (χ0) is 12.3. The first-order valence-corrected chi connectivity index (χ1v) is 5.25. The van der Waals surface area contributed by atoms with Gasteiger partial charge in [0, 0.05) is 13.1 Å². The van der Waals surface area contributed by atoms with Crippen LogP contribution in [0.1, 0.15) is 27.2 Å². The molecule has 0 aromatic rings. The number of carboxylic acid groups (broad SMARTS) is 1. The Bertz CT molecular complexity index is 285. The van der Waals surface area contributed by atoms with Gasteiger partial charge in [0.2, 0.25) is 0 Å². The number of alkyl carbamates (subject to hydrolysis) is 1. The number of rotatable bonds is 1. The zero-order valence-electron chi connectivity index (χ0n) is 9.82. The third kappa shape index (κ3) is 3.96. The highest BCUT2D eigenvalue weighted by molar-refractivity contribution is 5.69. The summed E-state index contributed by atoms with van der Waals surface area (Å²) in [6, 6.07) is -0.147. The summed E-state index contributed by atoms with van der Waals surface area (Å²) in [5.74, 6) is 0. The molecule has 0 unspecified atom stereocenters. The van der Waals surface area contributed by atoms with Gasteiger partial charge in [0.25, 0.3) is 0 Å². The molecular formula is C10H18N2O4. The Hall–Kier alpha value is -1.46. The van der Waals surface area contributed by atoms with E-state index in [-0.39, 0.29) is 6.04 Å². The predicted molar refractivity (Wildman–Crippen MR) is 57.4 cm³/mol. The molecule has 1 rings (SSSR count). The molecule has 0 aromatic carbocycles. The molecule has 0 radical (unpaired) electrons. The first-order chi connectivity index (χ1) is 7.28. The van der Waals surface area contributed by atoms with Crippen LogP contribution in [0.5, 0.6) is 0 Å². The second kappa shape index (κ2) is 4.59. The van der Waals surface area contributed by atoms with Crippen molar-refractivity contribution in [3.63, 3.8) is 0 Å². The molecule has 6 nitrogen and oxygen atoms in total. The normalized spacial score (nSPS) is 20.7. The van der Waals surface area contributed by atoms with Gasteiger partial charge in [-0.1, -0.05) is 0 Å². The van der Waals surface area contributed by atoms with Gasteiger partial charge >= 0.3 is 12.2 Å². The van der Waals surface area contributed by atoms with Crippen LogP contribution in [0.15, 0.2) is 0 Å². The van der Waals surface area contributed by atoms with E-state index in [0.29, 0.717) is 19.5 Å². The van der Waals surface area contributed by atoms with Gasteiger partial charge in [0.1, 0.15) is 5.60 Å². The van der Waals surface area contributed by atoms with Crippen LogP contribution in [0.25, 0.3) is 0 Å². The number of carbonyl (C=O) groups is 2. The Labute approximate surface area is 94.6 Å². The molecular weight excluding hydrogens is 212 g/mol. The third-order valence-corrected chi connectivity index (χ3v) is 2.18. The maximum Gasteiger partial charge on any atom is 0.407 e. The lowest BCUT2D eigenvalue weighted by atomic mass is 10.2. The molecule has 6 heteroatoms. The molecule has 1 fully saturated rings. The minimum Gasteiger partial charge on any atom is -0.465 e. The molecule has 0 bridgehead atoms. The van der Waals surface area contributed by atoms with Gasteiger partial charge in [-0.2, -0.15) is 0 Å². The van der Waals surface area contributed by atoms with Crippen LogP contribution in [-0.2, 0) is 4.74 Å². The second-order valence-corrected chi connectivity index (χ2v) is 4.86. The maximum absolute atomic E-state index is 11.4. The molecule has 0 spiro atoms. The van der Waals surface area contributed by atoms with Crippen molar-refractivity contribution >= 4 is 12.2 Å². The number of hydrogen-bond donors (Lipinski definition) is 2. The van der Waals surface area contributed by atoms with Gasteiger partial charge in [-0.15, -0.1) is 0 Å². The van der Waals surface area contributed by atoms with Gasteiger partial charge in [0.05, 0.1) is 6.04 Å². The Morgan fingerprint density at radius 2 is 2.06 bits per heavy atom. The van der Waals surface area contributed by atoms with Crippen LogP contribution in [0.2, 0.25) is 0 Å². The first-order valence-electron chi connectivity index (χ1n) is 5.25. The average molecular weight is 230 g/mol. The van der Waals surface area contributed by atoms with Crippen LogP contribution in [0.3, 0.4) is 0 Å². The molecule has 1 aliphatic rings. The van der Waals surface area contributed by atoms with Crippen LogP contribution in [-0.4, -0.2) is 46.9 Å². The lowest BCUT2D eigenvalue weighted by Crippen LogP contribution is -2.41. The molecule has 1 heterocycles. The quantitative estimate of drug-likeness (QED) is 0.710. The SMILES string of the molecule is CC(C)(C)OC(=O)N[C@H]1CCN(C(=O)O)C1. The second-order valence-electron chi connectivity index (χ2n) is 4.86. The van der Waals surface area contributed by atoms with Crippen LogP contribution in [0, 0.1) is 0 Å². The fourth-order valence-electron chi connectivity index (χ4n) is 1.53. The molecule has 16 heavy (non-hydrogen) atoms. The van der Waals surface area contributed by atoms with Crippen molar-refractivity contribution in [2.75, 3.05) is 13.1 Å². The molecule has 92 valence electrons. The highest BCUT2D eigenvalue weighted by Crippen LogP contribution is 2.11. The van der Waals surface area contributed by atoms with E-state index in [1.807, 2.05) is 0 Å². The van der Waals surface area contributed by atoms with E-state index in [0.717, 1.165) is 0 Å². The standard InChI is InChI=1S/C10H18N2O4/c1-10(2,3)16-8(13)11-7-4-5-12(6-7)9(14)15/h7H,4-6H2,1-3H3,(H,11,13)(H,14,15)/t7-/m0/s1. The topological polar surface area (TPSA) is 78.9 Å². The van der Waals surface area contributed by atoms with E-state index >= 15 is 0 Å². The van der Waals surface area contributed by atoms with E-state index in [1.165, 1.54) is 4.90 Å². The minimum absolute atomic E-state index is 0.147. The van der Waals surface area contributed by atoms with E-state index in [9.17, 15) is 9.59 Å². The van der Waals surface area contributed by atoms with Crippen LogP contribution >= 0.6 is 0 Å². The fourth-order valence-corrected chi connectivity index (χ4v) is 1.53. The molecule has 1 aliphatic heterocycles. The van der Waals surface area contributed by atoms with Crippen molar-refractivity contribution in [1.29, 1.82) is 0 Å². The van der Waals surface area contributed by atoms with E-state index in [2.05, 4.69) is 5.32 Å². The van der Waals surface area contributed by atoms with Gasteiger partial charge in [0.15, 0.2) is 0 Å². The molecule has 2 N–H and O–H groups in total. The van der Waals surface area contributed by atoms with Gasteiger partial charge in [-0.05, 0) is 27.2 Å².